The van der Waals surface area contributed by atoms with Crippen LogP contribution in [0.15, 0.2) is 18.2 Å². The summed E-state index contributed by atoms with van der Waals surface area (Å²) in [5, 5.41) is 3.40. The molecule has 0 aliphatic heterocycles. The summed E-state index contributed by atoms with van der Waals surface area (Å²) < 4.78 is 0. The van der Waals surface area contributed by atoms with Crippen LogP contribution >= 0.6 is 24.0 Å². The number of carbonyl (C=O) groups is 1. The zero-order valence-electron chi connectivity index (χ0n) is 9.41. The minimum atomic E-state index is -0.100. The zero-order chi connectivity index (χ0) is 11.5. The van der Waals surface area contributed by atoms with Crippen LogP contribution < -0.4 is 11.1 Å². The summed E-state index contributed by atoms with van der Waals surface area (Å²) in [5.74, 6) is -0.100. The van der Waals surface area contributed by atoms with Crippen LogP contribution in [0.1, 0.15) is 36.0 Å². The molecular formula is C12H16Cl2N2O. The molecule has 2 rings (SSSR count). The maximum Gasteiger partial charge on any atom is 0.253 e. The molecule has 1 amide bonds. The number of amides is 1. The highest BCUT2D eigenvalue weighted by Gasteiger charge is 2.19. The van der Waals surface area contributed by atoms with Crippen molar-refractivity contribution in [2.75, 3.05) is 5.73 Å². The van der Waals surface area contributed by atoms with Gasteiger partial charge in [-0.3, -0.25) is 4.79 Å². The Morgan fingerprint density at radius 1 is 1.35 bits per heavy atom. The Labute approximate surface area is 112 Å². The molecule has 0 aromatic heterocycles. The molecular weight excluding hydrogens is 259 g/mol. The number of nitrogens with one attached hydrogen (secondary N) is 1. The van der Waals surface area contributed by atoms with Crippen molar-refractivity contribution in [3.63, 3.8) is 0 Å². The molecule has 1 aromatic rings. The van der Waals surface area contributed by atoms with E-state index in [0.717, 1.165) is 12.8 Å². The lowest BCUT2D eigenvalue weighted by Gasteiger charge is -2.12. The molecule has 1 fully saturated rings. The molecule has 0 radical (unpaired) electrons. The molecule has 1 saturated carbocycles. The van der Waals surface area contributed by atoms with E-state index in [1.54, 1.807) is 18.2 Å². The third-order valence-corrected chi connectivity index (χ3v) is 3.24. The fourth-order valence-electron chi connectivity index (χ4n) is 2.05. The van der Waals surface area contributed by atoms with Crippen LogP contribution in [0.25, 0.3) is 0 Å². The summed E-state index contributed by atoms with van der Waals surface area (Å²) in [4.78, 5) is 11.9. The smallest absolute Gasteiger partial charge is 0.253 e. The molecule has 94 valence electrons. The predicted octanol–water partition coefficient (Wildman–Crippen LogP) is 3.02. The van der Waals surface area contributed by atoms with Crippen molar-refractivity contribution >= 4 is 35.6 Å². The van der Waals surface area contributed by atoms with Gasteiger partial charge < -0.3 is 11.1 Å². The lowest BCUT2D eigenvalue weighted by atomic mass is 10.1. The first-order valence-corrected chi connectivity index (χ1v) is 5.90. The molecule has 1 aliphatic rings. The lowest BCUT2D eigenvalue weighted by molar-refractivity contribution is 0.0938. The molecule has 17 heavy (non-hydrogen) atoms. The summed E-state index contributed by atoms with van der Waals surface area (Å²) in [5.41, 5.74) is 6.65. The summed E-state index contributed by atoms with van der Waals surface area (Å²) in [7, 11) is 0. The van der Waals surface area contributed by atoms with Crippen LogP contribution in [-0.2, 0) is 0 Å². The zero-order valence-corrected chi connectivity index (χ0v) is 11.0. The third-order valence-electron chi connectivity index (χ3n) is 2.93. The van der Waals surface area contributed by atoms with Crippen LogP contribution in [0.4, 0.5) is 5.69 Å². The van der Waals surface area contributed by atoms with Gasteiger partial charge in [0.15, 0.2) is 0 Å². The van der Waals surface area contributed by atoms with Gasteiger partial charge in [0, 0.05) is 11.7 Å². The van der Waals surface area contributed by atoms with Gasteiger partial charge in [0.2, 0.25) is 0 Å². The summed E-state index contributed by atoms with van der Waals surface area (Å²) in [6.07, 6.45) is 4.53. The van der Waals surface area contributed by atoms with E-state index in [9.17, 15) is 4.79 Å². The quantitative estimate of drug-likeness (QED) is 0.815. The number of nitrogens with two attached hydrogens (primary N) is 1. The number of halogens is 2. The first-order chi connectivity index (χ1) is 7.66. The number of benzene rings is 1. The third kappa shape index (κ3) is 3.51. The predicted molar refractivity (Wildman–Crippen MR) is 72.8 cm³/mol. The van der Waals surface area contributed by atoms with Crippen LogP contribution in [-0.4, -0.2) is 11.9 Å². The van der Waals surface area contributed by atoms with Gasteiger partial charge in [0.1, 0.15) is 0 Å². The minimum absolute atomic E-state index is 0. The monoisotopic (exact) mass is 274 g/mol. The van der Waals surface area contributed by atoms with E-state index >= 15 is 0 Å². The van der Waals surface area contributed by atoms with Gasteiger partial charge >= 0.3 is 0 Å². The molecule has 3 nitrogen and oxygen atoms in total. The van der Waals surface area contributed by atoms with Gasteiger partial charge in [-0.1, -0.05) is 24.4 Å². The fourth-order valence-corrected chi connectivity index (χ4v) is 2.32. The van der Waals surface area contributed by atoms with E-state index in [2.05, 4.69) is 5.32 Å². The average molecular weight is 275 g/mol. The summed E-state index contributed by atoms with van der Waals surface area (Å²) in [6.45, 7) is 0. The molecule has 0 saturated heterocycles. The molecule has 0 atom stereocenters. The molecule has 3 N–H and O–H groups in total. The highest BCUT2D eigenvalue weighted by Crippen LogP contribution is 2.21. The van der Waals surface area contributed by atoms with Crippen molar-refractivity contribution in [3.8, 4) is 0 Å². The fraction of sp³-hybridized carbons (Fsp3) is 0.417. The van der Waals surface area contributed by atoms with Crippen molar-refractivity contribution < 1.29 is 4.79 Å². The summed E-state index contributed by atoms with van der Waals surface area (Å²) in [6, 6.07) is 5.27. The molecule has 0 bridgehead atoms. The van der Waals surface area contributed by atoms with E-state index in [4.69, 9.17) is 17.3 Å². The second-order valence-corrected chi connectivity index (χ2v) is 4.60. The summed E-state index contributed by atoms with van der Waals surface area (Å²) >= 11 is 5.97. The number of nitrogen functional groups attached to an aromatic ring is 1. The van der Waals surface area contributed by atoms with Crippen LogP contribution in [0.5, 0.6) is 0 Å². The Kier molecular flexibility index (Phi) is 5.09. The van der Waals surface area contributed by atoms with Crippen molar-refractivity contribution in [2.24, 2.45) is 0 Å². The second-order valence-electron chi connectivity index (χ2n) is 4.19. The SMILES string of the molecule is Cl.Nc1ccc(C(=O)NC2CCCC2)c(Cl)c1. The Balaban J connectivity index is 0.00000144. The van der Waals surface area contributed by atoms with Gasteiger partial charge in [-0.15, -0.1) is 12.4 Å². The molecule has 1 aliphatic carbocycles. The van der Waals surface area contributed by atoms with E-state index in [0.29, 0.717) is 22.3 Å². The molecule has 5 heteroatoms. The van der Waals surface area contributed by atoms with E-state index in [-0.39, 0.29) is 18.3 Å². The van der Waals surface area contributed by atoms with Crippen molar-refractivity contribution in [2.45, 2.75) is 31.7 Å². The number of carbonyl (C=O) groups excluding carboxylic acids is 1. The van der Waals surface area contributed by atoms with Crippen molar-refractivity contribution in [1.82, 2.24) is 5.32 Å². The Hall–Kier alpha value is -0.930. The van der Waals surface area contributed by atoms with Gasteiger partial charge in [-0.25, -0.2) is 0 Å². The number of anilines is 1. The van der Waals surface area contributed by atoms with E-state index in [1.165, 1.54) is 12.8 Å². The Morgan fingerprint density at radius 3 is 2.59 bits per heavy atom. The standard InChI is InChI=1S/C12H15ClN2O.ClH/c13-11-7-8(14)5-6-10(11)12(16)15-9-3-1-2-4-9;/h5-7,9H,1-4,14H2,(H,15,16);1H. The van der Waals surface area contributed by atoms with Gasteiger partial charge in [-0.2, -0.15) is 0 Å². The minimum Gasteiger partial charge on any atom is -0.399 e. The highest BCUT2D eigenvalue weighted by atomic mass is 35.5. The van der Waals surface area contributed by atoms with Gasteiger partial charge in [0.25, 0.3) is 5.91 Å². The van der Waals surface area contributed by atoms with Crippen molar-refractivity contribution in [1.29, 1.82) is 0 Å². The van der Waals surface area contributed by atoms with Crippen LogP contribution in [0.3, 0.4) is 0 Å². The van der Waals surface area contributed by atoms with Crippen LogP contribution in [0.2, 0.25) is 5.02 Å². The van der Waals surface area contributed by atoms with Gasteiger partial charge in [-0.05, 0) is 31.0 Å². The van der Waals surface area contributed by atoms with Gasteiger partial charge in [0.05, 0.1) is 10.6 Å². The van der Waals surface area contributed by atoms with Crippen molar-refractivity contribution in [3.05, 3.63) is 28.8 Å². The maximum absolute atomic E-state index is 11.9. The molecule has 0 spiro atoms. The molecule has 0 unspecified atom stereocenters. The number of hydrogen-bond donors (Lipinski definition) is 2. The second kappa shape index (κ2) is 6.12. The van der Waals surface area contributed by atoms with E-state index in [1.807, 2.05) is 0 Å². The van der Waals surface area contributed by atoms with Crippen LogP contribution in [0, 0.1) is 0 Å². The maximum atomic E-state index is 11.9. The molecule has 0 heterocycles. The first kappa shape index (κ1) is 14.1. The Bertz CT molecular complexity index is 403. The van der Waals surface area contributed by atoms with E-state index < -0.39 is 0 Å². The first-order valence-electron chi connectivity index (χ1n) is 5.52. The Morgan fingerprint density at radius 2 is 2.00 bits per heavy atom. The average Bonchev–Trinajstić information content (AvgIpc) is 2.70. The topological polar surface area (TPSA) is 55.1 Å². The number of rotatable bonds is 2. The normalized spacial score (nSPS) is 15.4. The molecule has 1 aromatic carbocycles. The number of hydrogen-bond acceptors (Lipinski definition) is 2. The highest BCUT2D eigenvalue weighted by molar-refractivity contribution is 6.34. The lowest BCUT2D eigenvalue weighted by Crippen LogP contribution is -2.32. The largest absolute Gasteiger partial charge is 0.399 e.